The van der Waals surface area contributed by atoms with E-state index in [9.17, 15) is 0 Å². The third-order valence-corrected chi connectivity index (χ3v) is 3.64. The van der Waals surface area contributed by atoms with E-state index in [-0.39, 0.29) is 5.72 Å². The zero-order chi connectivity index (χ0) is 10.6. The third kappa shape index (κ3) is 2.52. The molecule has 3 heteroatoms. The zero-order valence-electron chi connectivity index (χ0n) is 9.83. The largest absolute Gasteiger partial charge is 0.379 e. The number of ether oxygens (including phenoxy) is 2. The Hall–Kier alpha value is -0.120. The molecule has 1 saturated heterocycles. The van der Waals surface area contributed by atoms with Crippen LogP contribution in [0.15, 0.2) is 0 Å². The van der Waals surface area contributed by atoms with E-state index < -0.39 is 0 Å². The van der Waals surface area contributed by atoms with Crippen molar-refractivity contribution in [2.24, 2.45) is 0 Å². The lowest BCUT2D eigenvalue weighted by Crippen LogP contribution is -2.56. The molecule has 3 nitrogen and oxygen atoms in total. The normalized spacial score (nSPS) is 27.8. The van der Waals surface area contributed by atoms with Gasteiger partial charge in [0, 0.05) is 19.7 Å². The molecule has 15 heavy (non-hydrogen) atoms. The van der Waals surface area contributed by atoms with Crippen molar-refractivity contribution in [3.63, 3.8) is 0 Å². The minimum Gasteiger partial charge on any atom is -0.379 e. The fourth-order valence-corrected chi connectivity index (χ4v) is 2.90. The summed E-state index contributed by atoms with van der Waals surface area (Å²) in [7, 11) is 0. The average Bonchev–Trinajstić information content (AvgIpc) is 2.32. The maximum Gasteiger partial charge on any atom is 0.121 e. The molecule has 0 atom stereocenters. The predicted molar refractivity (Wildman–Crippen MR) is 59.8 cm³/mol. The summed E-state index contributed by atoms with van der Waals surface area (Å²) in [6.45, 7) is 6.76. The summed E-state index contributed by atoms with van der Waals surface area (Å²) in [4.78, 5) is 2.51. The van der Waals surface area contributed by atoms with E-state index in [4.69, 9.17) is 9.47 Å². The van der Waals surface area contributed by atoms with Crippen LogP contribution in [0.2, 0.25) is 0 Å². The number of hydrogen-bond donors (Lipinski definition) is 0. The van der Waals surface area contributed by atoms with E-state index in [0.717, 1.165) is 32.9 Å². The third-order valence-electron chi connectivity index (χ3n) is 3.64. The Labute approximate surface area is 92.7 Å². The van der Waals surface area contributed by atoms with Crippen molar-refractivity contribution in [2.75, 3.05) is 32.9 Å². The van der Waals surface area contributed by atoms with Gasteiger partial charge in [0.25, 0.3) is 0 Å². The van der Waals surface area contributed by atoms with Crippen molar-refractivity contribution in [3.8, 4) is 0 Å². The second kappa shape index (κ2) is 5.28. The SMILES string of the molecule is CCOC1(N2CCOCC2)CCCCC1. The Balaban J connectivity index is 2.01. The molecule has 2 fully saturated rings. The van der Waals surface area contributed by atoms with Gasteiger partial charge in [0.2, 0.25) is 0 Å². The Morgan fingerprint density at radius 2 is 1.80 bits per heavy atom. The summed E-state index contributed by atoms with van der Waals surface area (Å²) in [5.41, 5.74) is 0.0524. The molecule has 1 saturated carbocycles. The second-order valence-corrected chi connectivity index (χ2v) is 4.54. The first-order valence-electron chi connectivity index (χ1n) is 6.34. The van der Waals surface area contributed by atoms with Gasteiger partial charge in [-0.25, -0.2) is 0 Å². The molecule has 1 aliphatic heterocycles. The van der Waals surface area contributed by atoms with Gasteiger partial charge in [-0.1, -0.05) is 6.42 Å². The van der Waals surface area contributed by atoms with Gasteiger partial charge >= 0.3 is 0 Å². The number of rotatable bonds is 3. The summed E-state index contributed by atoms with van der Waals surface area (Å²) >= 11 is 0. The van der Waals surface area contributed by atoms with Gasteiger partial charge in [-0.05, 0) is 32.6 Å². The van der Waals surface area contributed by atoms with Crippen LogP contribution in [0.25, 0.3) is 0 Å². The van der Waals surface area contributed by atoms with Crippen molar-refractivity contribution in [3.05, 3.63) is 0 Å². The average molecular weight is 213 g/mol. The summed E-state index contributed by atoms with van der Waals surface area (Å²) in [5, 5.41) is 0. The van der Waals surface area contributed by atoms with Gasteiger partial charge in [-0.3, -0.25) is 4.90 Å². The van der Waals surface area contributed by atoms with Crippen LogP contribution in [0.4, 0.5) is 0 Å². The van der Waals surface area contributed by atoms with Gasteiger partial charge in [0.15, 0.2) is 0 Å². The Morgan fingerprint density at radius 3 is 2.40 bits per heavy atom. The van der Waals surface area contributed by atoms with Crippen LogP contribution in [-0.4, -0.2) is 43.5 Å². The minimum atomic E-state index is 0.0524. The van der Waals surface area contributed by atoms with E-state index in [0.29, 0.717) is 0 Å². The van der Waals surface area contributed by atoms with Crippen molar-refractivity contribution in [2.45, 2.75) is 44.8 Å². The number of morpholine rings is 1. The highest BCUT2D eigenvalue weighted by atomic mass is 16.5. The van der Waals surface area contributed by atoms with E-state index in [1.54, 1.807) is 0 Å². The Kier molecular flexibility index (Phi) is 4.00. The van der Waals surface area contributed by atoms with Crippen LogP contribution in [-0.2, 0) is 9.47 Å². The maximum absolute atomic E-state index is 6.08. The van der Waals surface area contributed by atoms with Gasteiger partial charge in [0.05, 0.1) is 13.2 Å². The topological polar surface area (TPSA) is 21.7 Å². The lowest BCUT2D eigenvalue weighted by atomic mass is 9.90. The van der Waals surface area contributed by atoms with Crippen LogP contribution >= 0.6 is 0 Å². The molecule has 0 unspecified atom stereocenters. The second-order valence-electron chi connectivity index (χ2n) is 4.54. The molecule has 0 amide bonds. The first-order chi connectivity index (χ1) is 7.37. The lowest BCUT2D eigenvalue weighted by molar-refractivity contribution is -0.192. The Bertz CT molecular complexity index is 179. The Morgan fingerprint density at radius 1 is 1.13 bits per heavy atom. The molecule has 0 aromatic carbocycles. The molecular formula is C12H23NO2. The summed E-state index contributed by atoms with van der Waals surface area (Å²) in [6, 6.07) is 0. The molecule has 0 aromatic rings. The predicted octanol–water partition coefficient (Wildman–Crippen LogP) is 2.02. The van der Waals surface area contributed by atoms with Crippen LogP contribution in [0, 0.1) is 0 Å². The zero-order valence-corrected chi connectivity index (χ0v) is 9.83. The molecule has 1 heterocycles. The van der Waals surface area contributed by atoms with Crippen LogP contribution in [0.3, 0.4) is 0 Å². The minimum absolute atomic E-state index is 0.0524. The molecule has 2 rings (SSSR count). The highest BCUT2D eigenvalue weighted by Gasteiger charge is 2.39. The first kappa shape index (κ1) is 11.4. The molecule has 0 aromatic heterocycles. The van der Waals surface area contributed by atoms with E-state index in [2.05, 4.69) is 11.8 Å². The molecule has 2 aliphatic rings. The standard InChI is InChI=1S/C12H23NO2/c1-2-15-12(6-4-3-5-7-12)13-8-10-14-11-9-13/h2-11H2,1H3. The number of nitrogens with zero attached hydrogens (tertiary/aromatic N) is 1. The van der Waals surface area contributed by atoms with Gasteiger partial charge < -0.3 is 9.47 Å². The summed E-state index contributed by atoms with van der Waals surface area (Å²) < 4.78 is 11.5. The molecule has 0 bridgehead atoms. The molecular weight excluding hydrogens is 190 g/mol. The van der Waals surface area contributed by atoms with Crippen molar-refractivity contribution in [1.29, 1.82) is 0 Å². The van der Waals surface area contributed by atoms with Crippen LogP contribution in [0.5, 0.6) is 0 Å². The van der Waals surface area contributed by atoms with Crippen molar-refractivity contribution in [1.82, 2.24) is 4.90 Å². The summed E-state index contributed by atoms with van der Waals surface area (Å²) in [6.07, 6.45) is 6.43. The quantitative estimate of drug-likeness (QED) is 0.716. The van der Waals surface area contributed by atoms with E-state index in [1.165, 1.54) is 32.1 Å². The molecule has 0 N–H and O–H groups in total. The van der Waals surface area contributed by atoms with Crippen LogP contribution < -0.4 is 0 Å². The van der Waals surface area contributed by atoms with Crippen molar-refractivity contribution >= 4 is 0 Å². The molecule has 1 aliphatic carbocycles. The molecule has 0 spiro atoms. The van der Waals surface area contributed by atoms with Gasteiger partial charge in [-0.2, -0.15) is 0 Å². The lowest BCUT2D eigenvalue weighted by Gasteiger charge is -2.47. The highest BCUT2D eigenvalue weighted by molar-refractivity contribution is 4.86. The van der Waals surface area contributed by atoms with Crippen LogP contribution in [0.1, 0.15) is 39.0 Å². The maximum atomic E-state index is 6.08. The fraction of sp³-hybridized carbons (Fsp3) is 1.00. The molecule has 88 valence electrons. The van der Waals surface area contributed by atoms with Crippen molar-refractivity contribution < 1.29 is 9.47 Å². The van der Waals surface area contributed by atoms with E-state index >= 15 is 0 Å². The highest BCUT2D eigenvalue weighted by Crippen LogP contribution is 2.35. The number of hydrogen-bond acceptors (Lipinski definition) is 3. The van der Waals surface area contributed by atoms with E-state index in [1.807, 2.05) is 0 Å². The van der Waals surface area contributed by atoms with Gasteiger partial charge in [0.1, 0.15) is 5.72 Å². The monoisotopic (exact) mass is 213 g/mol. The molecule has 0 radical (unpaired) electrons. The van der Waals surface area contributed by atoms with Gasteiger partial charge in [-0.15, -0.1) is 0 Å². The smallest absolute Gasteiger partial charge is 0.121 e. The first-order valence-corrected chi connectivity index (χ1v) is 6.34. The fourth-order valence-electron chi connectivity index (χ4n) is 2.90. The summed E-state index contributed by atoms with van der Waals surface area (Å²) in [5.74, 6) is 0.